The van der Waals surface area contributed by atoms with Crippen molar-refractivity contribution in [2.45, 2.75) is 11.8 Å². The third-order valence-corrected chi connectivity index (χ3v) is 5.26. The fourth-order valence-electron chi connectivity index (χ4n) is 2.13. The summed E-state index contributed by atoms with van der Waals surface area (Å²) in [6.45, 7) is 5.50. The molecule has 1 aliphatic rings. The lowest BCUT2D eigenvalue weighted by Gasteiger charge is -2.33. The first-order valence-corrected chi connectivity index (χ1v) is 7.66. The van der Waals surface area contributed by atoms with E-state index in [1.54, 1.807) is 6.07 Å². The van der Waals surface area contributed by atoms with Gasteiger partial charge in [0.05, 0.1) is 5.69 Å². The van der Waals surface area contributed by atoms with Gasteiger partial charge in [0.25, 0.3) is 0 Å². The highest BCUT2D eigenvalue weighted by molar-refractivity contribution is 7.89. The van der Waals surface area contributed by atoms with E-state index < -0.39 is 10.0 Å². The number of nitrogens with zero attached hydrogens (tertiary/aromatic N) is 3. The monoisotopic (exact) mass is 285 g/mol. The quantitative estimate of drug-likeness (QED) is 0.582. The molecule has 0 saturated carbocycles. The van der Waals surface area contributed by atoms with Crippen molar-refractivity contribution in [3.8, 4) is 0 Å². The van der Waals surface area contributed by atoms with Crippen LogP contribution in [0.1, 0.15) is 6.92 Å². The molecule has 1 aromatic rings. The van der Waals surface area contributed by atoms with Crippen LogP contribution in [0.25, 0.3) is 0 Å². The third kappa shape index (κ3) is 2.86. The van der Waals surface area contributed by atoms with Crippen molar-refractivity contribution in [2.75, 3.05) is 38.1 Å². The Morgan fingerprint density at radius 1 is 1.37 bits per heavy atom. The Hall–Kier alpha value is -1.22. The van der Waals surface area contributed by atoms with Crippen LogP contribution < -0.4 is 11.3 Å². The van der Waals surface area contributed by atoms with E-state index >= 15 is 0 Å². The summed E-state index contributed by atoms with van der Waals surface area (Å²) < 4.78 is 26.6. The SMILES string of the molecule is CCN1CCN(S(=O)(=O)c2cnccc2NN)CC1. The average molecular weight is 285 g/mol. The van der Waals surface area contributed by atoms with Gasteiger partial charge in [-0.2, -0.15) is 4.31 Å². The van der Waals surface area contributed by atoms with E-state index in [1.807, 2.05) is 0 Å². The lowest BCUT2D eigenvalue weighted by molar-refractivity contribution is 0.196. The first-order chi connectivity index (χ1) is 9.09. The molecule has 2 heterocycles. The Morgan fingerprint density at radius 2 is 2.05 bits per heavy atom. The van der Waals surface area contributed by atoms with Crippen LogP contribution in [0.5, 0.6) is 0 Å². The second kappa shape index (κ2) is 5.83. The van der Waals surface area contributed by atoms with Crippen LogP contribution in [0, 0.1) is 0 Å². The van der Waals surface area contributed by atoms with E-state index in [9.17, 15) is 8.42 Å². The second-order valence-electron chi connectivity index (χ2n) is 4.35. The van der Waals surface area contributed by atoms with Crippen molar-refractivity contribution in [1.29, 1.82) is 0 Å². The highest BCUT2D eigenvalue weighted by atomic mass is 32.2. The fourth-order valence-corrected chi connectivity index (χ4v) is 3.65. The zero-order valence-electron chi connectivity index (χ0n) is 10.9. The first-order valence-electron chi connectivity index (χ1n) is 6.22. The number of likely N-dealkylation sites (N-methyl/N-ethyl adjacent to an activating group) is 1. The van der Waals surface area contributed by atoms with Crippen molar-refractivity contribution in [2.24, 2.45) is 5.84 Å². The van der Waals surface area contributed by atoms with Gasteiger partial charge in [0.15, 0.2) is 0 Å². The maximum atomic E-state index is 12.5. The van der Waals surface area contributed by atoms with Gasteiger partial charge in [0.1, 0.15) is 4.90 Å². The average Bonchev–Trinajstić information content (AvgIpc) is 2.47. The number of pyridine rings is 1. The van der Waals surface area contributed by atoms with Gasteiger partial charge in [-0.3, -0.25) is 10.8 Å². The molecule has 1 fully saturated rings. The van der Waals surface area contributed by atoms with Gasteiger partial charge in [-0.1, -0.05) is 6.92 Å². The summed E-state index contributed by atoms with van der Waals surface area (Å²) in [7, 11) is -3.53. The van der Waals surface area contributed by atoms with Gasteiger partial charge >= 0.3 is 0 Å². The number of sulfonamides is 1. The molecule has 7 nitrogen and oxygen atoms in total. The van der Waals surface area contributed by atoms with Gasteiger partial charge in [0, 0.05) is 38.6 Å². The summed E-state index contributed by atoms with van der Waals surface area (Å²) in [5, 5.41) is 0. The lowest BCUT2D eigenvalue weighted by atomic mass is 10.4. The summed E-state index contributed by atoms with van der Waals surface area (Å²) in [6.07, 6.45) is 2.83. The number of hydrazine groups is 1. The molecule has 8 heteroatoms. The predicted octanol–water partition coefficient (Wildman–Crippen LogP) is -0.307. The van der Waals surface area contributed by atoms with Crippen molar-refractivity contribution >= 4 is 15.7 Å². The van der Waals surface area contributed by atoms with Crippen LogP contribution >= 0.6 is 0 Å². The molecular formula is C11H19N5O2S. The molecule has 0 unspecified atom stereocenters. The van der Waals surface area contributed by atoms with E-state index in [0.29, 0.717) is 18.8 Å². The highest BCUT2D eigenvalue weighted by Crippen LogP contribution is 2.23. The smallest absolute Gasteiger partial charge is 0.246 e. The minimum Gasteiger partial charge on any atom is -0.323 e. The van der Waals surface area contributed by atoms with Crippen LogP contribution in [0.3, 0.4) is 0 Å². The topological polar surface area (TPSA) is 91.6 Å². The summed E-state index contributed by atoms with van der Waals surface area (Å²) in [5.74, 6) is 5.35. The molecule has 0 atom stereocenters. The minimum absolute atomic E-state index is 0.127. The summed E-state index contributed by atoms with van der Waals surface area (Å²) in [4.78, 5) is 6.22. The van der Waals surface area contributed by atoms with Gasteiger partial charge < -0.3 is 10.3 Å². The Kier molecular flexibility index (Phi) is 4.35. The van der Waals surface area contributed by atoms with E-state index in [4.69, 9.17) is 5.84 Å². The zero-order chi connectivity index (χ0) is 13.9. The van der Waals surface area contributed by atoms with Crippen LogP contribution in [0.4, 0.5) is 5.69 Å². The number of aromatic nitrogens is 1. The van der Waals surface area contributed by atoms with Crippen LogP contribution in [-0.2, 0) is 10.0 Å². The molecule has 1 aliphatic heterocycles. The van der Waals surface area contributed by atoms with Crippen LogP contribution in [-0.4, -0.2) is 55.3 Å². The first kappa shape index (κ1) is 14.2. The number of anilines is 1. The minimum atomic E-state index is -3.53. The molecule has 0 spiro atoms. The lowest BCUT2D eigenvalue weighted by Crippen LogP contribution is -2.48. The number of hydrogen-bond donors (Lipinski definition) is 2. The van der Waals surface area contributed by atoms with E-state index in [0.717, 1.165) is 19.6 Å². The molecular weight excluding hydrogens is 266 g/mol. The van der Waals surface area contributed by atoms with Gasteiger partial charge in [0.2, 0.25) is 10.0 Å². The number of nitrogens with two attached hydrogens (primary N) is 1. The Balaban J connectivity index is 2.23. The number of piperazine rings is 1. The van der Waals surface area contributed by atoms with Crippen molar-refractivity contribution in [3.63, 3.8) is 0 Å². The predicted molar refractivity (Wildman–Crippen MR) is 72.9 cm³/mol. The van der Waals surface area contributed by atoms with E-state index in [1.165, 1.54) is 16.7 Å². The normalized spacial score (nSPS) is 18.4. The molecule has 1 saturated heterocycles. The van der Waals surface area contributed by atoms with Crippen molar-refractivity contribution in [3.05, 3.63) is 18.5 Å². The van der Waals surface area contributed by atoms with E-state index in [-0.39, 0.29) is 4.90 Å². The zero-order valence-corrected chi connectivity index (χ0v) is 11.7. The molecule has 19 heavy (non-hydrogen) atoms. The van der Waals surface area contributed by atoms with E-state index in [2.05, 4.69) is 22.2 Å². The molecule has 0 bridgehead atoms. The van der Waals surface area contributed by atoms with Crippen molar-refractivity contribution in [1.82, 2.24) is 14.2 Å². The number of nitrogen functional groups attached to an aromatic ring is 1. The standard InChI is InChI=1S/C11H19N5O2S/c1-2-15-5-7-16(8-6-15)19(17,18)11-9-13-4-3-10(11)14-12/h3-4,9H,2,5-8,12H2,1H3,(H,13,14). The van der Waals surface area contributed by atoms with Gasteiger partial charge in [-0.05, 0) is 12.6 Å². The second-order valence-corrected chi connectivity index (χ2v) is 6.26. The molecule has 3 N–H and O–H groups in total. The number of rotatable bonds is 4. The van der Waals surface area contributed by atoms with Gasteiger partial charge in [-0.15, -0.1) is 0 Å². The van der Waals surface area contributed by atoms with Crippen molar-refractivity contribution < 1.29 is 8.42 Å². The van der Waals surface area contributed by atoms with Gasteiger partial charge in [-0.25, -0.2) is 8.42 Å². The summed E-state index contributed by atoms with van der Waals surface area (Å²) >= 11 is 0. The maximum absolute atomic E-state index is 12.5. The molecule has 0 amide bonds. The molecule has 0 aromatic carbocycles. The number of nitrogens with one attached hydrogen (secondary N) is 1. The Bertz CT molecular complexity index is 526. The Labute approximate surface area is 113 Å². The molecule has 0 radical (unpaired) electrons. The number of hydrogen-bond acceptors (Lipinski definition) is 6. The maximum Gasteiger partial charge on any atom is 0.246 e. The third-order valence-electron chi connectivity index (χ3n) is 3.34. The molecule has 1 aromatic heterocycles. The molecule has 0 aliphatic carbocycles. The fraction of sp³-hybridized carbons (Fsp3) is 0.545. The largest absolute Gasteiger partial charge is 0.323 e. The Morgan fingerprint density at radius 3 is 2.63 bits per heavy atom. The summed E-state index contributed by atoms with van der Waals surface area (Å²) in [5.41, 5.74) is 2.77. The summed E-state index contributed by atoms with van der Waals surface area (Å²) in [6, 6.07) is 1.55. The highest BCUT2D eigenvalue weighted by Gasteiger charge is 2.29. The molecule has 2 rings (SSSR count). The molecule has 106 valence electrons. The van der Waals surface area contributed by atoms with Crippen LogP contribution in [0.15, 0.2) is 23.4 Å². The van der Waals surface area contributed by atoms with Crippen LogP contribution in [0.2, 0.25) is 0 Å².